The third kappa shape index (κ3) is 2.92. The Morgan fingerprint density at radius 1 is 1.23 bits per heavy atom. The van der Waals surface area contributed by atoms with E-state index in [-0.39, 0.29) is 30.1 Å². The van der Waals surface area contributed by atoms with Crippen LogP contribution < -0.4 is 5.32 Å². The molecule has 6 heteroatoms. The minimum atomic E-state index is -0.199. The van der Waals surface area contributed by atoms with E-state index in [0.29, 0.717) is 19.5 Å². The summed E-state index contributed by atoms with van der Waals surface area (Å²) >= 11 is 0. The number of para-hydroxylation sites is 1. The molecule has 1 N–H and O–H groups in total. The molecule has 1 aromatic carbocycles. The van der Waals surface area contributed by atoms with Crippen molar-refractivity contribution >= 4 is 17.6 Å². The number of anilines is 1. The van der Waals surface area contributed by atoms with Crippen LogP contribution in [0.4, 0.5) is 10.5 Å². The summed E-state index contributed by atoms with van der Waals surface area (Å²) in [5.41, 5.74) is 0.771. The maximum Gasteiger partial charge on any atom is 0.322 e. The number of likely N-dealkylation sites (tertiary alicyclic amines) is 1. The minimum Gasteiger partial charge on any atom is -0.370 e. The van der Waals surface area contributed by atoms with Gasteiger partial charge in [0.2, 0.25) is 5.91 Å². The van der Waals surface area contributed by atoms with Gasteiger partial charge in [-0.3, -0.25) is 4.79 Å². The van der Waals surface area contributed by atoms with E-state index in [1.165, 1.54) is 0 Å². The first-order valence-corrected chi connectivity index (χ1v) is 7.52. The molecule has 118 valence electrons. The molecule has 6 nitrogen and oxygen atoms in total. The number of morpholine rings is 1. The summed E-state index contributed by atoms with van der Waals surface area (Å²) in [6, 6.07) is 9.23. The van der Waals surface area contributed by atoms with Gasteiger partial charge >= 0.3 is 6.03 Å². The molecule has 0 saturated carbocycles. The Labute approximate surface area is 130 Å². The number of carbonyl (C=O) groups excluding carboxylic acids is 2. The van der Waals surface area contributed by atoms with Crippen molar-refractivity contribution in [1.82, 2.24) is 9.80 Å². The van der Waals surface area contributed by atoms with Crippen LogP contribution in [0.1, 0.15) is 6.42 Å². The first-order valence-electron chi connectivity index (χ1n) is 7.52. The zero-order valence-corrected chi connectivity index (χ0v) is 12.9. The molecule has 0 radical (unpaired) electrons. The first-order chi connectivity index (χ1) is 10.5. The Morgan fingerprint density at radius 2 is 1.95 bits per heavy atom. The van der Waals surface area contributed by atoms with Crippen molar-refractivity contribution in [1.29, 1.82) is 0 Å². The van der Waals surface area contributed by atoms with Gasteiger partial charge in [0.1, 0.15) is 0 Å². The molecule has 2 bridgehead atoms. The Bertz CT molecular complexity index is 561. The minimum absolute atomic E-state index is 0.0471. The molecule has 0 aromatic heterocycles. The van der Waals surface area contributed by atoms with Gasteiger partial charge in [0.25, 0.3) is 0 Å². The zero-order chi connectivity index (χ0) is 15.7. The molecule has 0 unspecified atom stereocenters. The highest BCUT2D eigenvalue weighted by Crippen LogP contribution is 2.33. The molecule has 0 spiro atoms. The largest absolute Gasteiger partial charge is 0.370 e. The highest BCUT2D eigenvalue weighted by Gasteiger charge is 2.46. The van der Waals surface area contributed by atoms with Crippen LogP contribution in [0.3, 0.4) is 0 Å². The van der Waals surface area contributed by atoms with Gasteiger partial charge in [0.15, 0.2) is 0 Å². The van der Waals surface area contributed by atoms with Gasteiger partial charge in [0.05, 0.1) is 18.1 Å². The van der Waals surface area contributed by atoms with E-state index in [9.17, 15) is 9.59 Å². The molecule has 3 amide bonds. The van der Waals surface area contributed by atoms with Gasteiger partial charge in [-0.25, -0.2) is 4.79 Å². The number of hydrogen-bond donors (Lipinski definition) is 1. The summed E-state index contributed by atoms with van der Waals surface area (Å²) < 4.78 is 5.84. The molecule has 2 saturated heterocycles. The van der Waals surface area contributed by atoms with Crippen LogP contribution in [0, 0.1) is 5.92 Å². The predicted octanol–water partition coefficient (Wildman–Crippen LogP) is 1.40. The van der Waals surface area contributed by atoms with E-state index in [2.05, 4.69) is 5.32 Å². The van der Waals surface area contributed by atoms with Gasteiger partial charge in [-0.05, 0) is 18.6 Å². The third-order valence-corrected chi connectivity index (χ3v) is 4.23. The fourth-order valence-electron chi connectivity index (χ4n) is 3.14. The number of nitrogens with one attached hydrogen (secondary N) is 1. The first kappa shape index (κ1) is 14.8. The number of hydrogen-bond acceptors (Lipinski definition) is 3. The number of ether oxygens (including phenoxy) is 1. The molecule has 3 atom stereocenters. The highest BCUT2D eigenvalue weighted by molar-refractivity contribution is 5.89. The smallest absolute Gasteiger partial charge is 0.322 e. The van der Waals surface area contributed by atoms with E-state index in [1.54, 1.807) is 23.9 Å². The molecule has 3 rings (SSSR count). The summed E-state index contributed by atoms with van der Waals surface area (Å²) in [6.07, 6.45) is 0.445. The standard InChI is InChI=1S/C16H21N3O3/c1-18(2)15(20)13-8-12-9-19(10-14(13)22-12)16(21)17-11-6-4-3-5-7-11/h3-7,12-14H,8-10H2,1-2H3,(H,17,21)/t12-,13+,14-/m0/s1. The SMILES string of the molecule is CN(C)C(=O)[C@@H]1C[C@H]2CN(C(=O)Nc3ccccc3)C[C@@H]1O2. The topological polar surface area (TPSA) is 61.9 Å². The summed E-state index contributed by atoms with van der Waals surface area (Å²) in [5, 5.41) is 2.88. The number of rotatable bonds is 2. The van der Waals surface area contributed by atoms with Crippen LogP contribution in [0.25, 0.3) is 0 Å². The molecular formula is C16H21N3O3. The maximum atomic E-state index is 12.4. The van der Waals surface area contributed by atoms with E-state index in [0.717, 1.165) is 5.69 Å². The van der Waals surface area contributed by atoms with E-state index >= 15 is 0 Å². The fourth-order valence-corrected chi connectivity index (χ4v) is 3.14. The second-order valence-electron chi connectivity index (χ2n) is 6.07. The Hall–Kier alpha value is -2.08. The van der Waals surface area contributed by atoms with Crippen molar-refractivity contribution < 1.29 is 14.3 Å². The van der Waals surface area contributed by atoms with Crippen LogP contribution in [0.2, 0.25) is 0 Å². The van der Waals surface area contributed by atoms with E-state index in [1.807, 2.05) is 30.3 Å². The van der Waals surface area contributed by atoms with Crippen LogP contribution in [0.5, 0.6) is 0 Å². The monoisotopic (exact) mass is 303 g/mol. The molecule has 2 fully saturated rings. The van der Waals surface area contributed by atoms with Crippen LogP contribution in [-0.2, 0) is 9.53 Å². The lowest BCUT2D eigenvalue weighted by Crippen LogP contribution is -2.49. The highest BCUT2D eigenvalue weighted by atomic mass is 16.5. The molecule has 0 aliphatic carbocycles. The summed E-state index contributed by atoms with van der Waals surface area (Å²) in [6.45, 7) is 0.992. The lowest BCUT2D eigenvalue weighted by Gasteiger charge is -2.33. The number of urea groups is 1. The summed E-state index contributed by atoms with van der Waals surface area (Å²) in [4.78, 5) is 27.9. The number of fused-ring (bicyclic) bond motifs is 2. The molecule has 22 heavy (non-hydrogen) atoms. The lowest BCUT2D eigenvalue weighted by atomic mass is 9.99. The zero-order valence-electron chi connectivity index (χ0n) is 12.9. The van der Waals surface area contributed by atoms with Gasteiger partial charge in [-0.15, -0.1) is 0 Å². The second kappa shape index (κ2) is 5.96. The second-order valence-corrected chi connectivity index (χ2v) is 6.07. The Morgan fingerprint density at radius 3 is 2.64 bits per heavy atom. The average Bonchev–Trinajstić information content (AvgIpc) is 2.81. The fraction of sp³-hybridized carbons (Fsp3) is 0.500. The van der Waals surface area contributed by atoms with Crippen LogP contribution in [-0.4, -0.2) is 61.1 Å². The van der Waals surface area contributed by atoms with E-state index in [4.69, 9.17) is 4.74 Å². The molecule has 1 aromatic rings. The quantitative estimate of drug-likeness (QED) is 0.898. The molecule has 2 heterocycles. The Balaban J connectivity index is 1.64. The van der Waals surface area contributed by atoms with Crippen molar-refractivity contribution in [3.63, 3.8) is 0 Å². The number of benzene rings is 1. The molecule has 2 aliphatic heterocycles. The van der Waals surface area contributed by atoms with Crippen molar-refractivity contribution in [3.05, 3.63) is 30.3 Å². The van der Waals surface area contributed by atoms with E-state index < -0.39 is 0 Å². The lowest BCUT2D eigenvalue weighted by molar-refractivity contribution is -0.135. The van der Waals surface area contributed by atoms with Crippen molar-refractivity contribution in [3.8, 4) is 0 Å². The van der Waals surface area contributed by atoms with Crippen molar-refractivity contribution in [2.45, 2.75) is 18.6 Å². The normalized spacial score (nSPS) is 26.6. The Kier molecular flexibility index (Phi) is 4.02. The molecule has 2 aliphatic rings. The van der Waals surface area contributed by atoms with Crippen molar-refractivity contribution in [2.24, 2.45) is 5.92 Å². The number of nitrogens with zero attached hydrogens (tertiary/aromatic N) is 2. The van der Waals surface area contributed by atoms with Gasteiger partial charge in [-0.2, -0.15) is 0 Å². The van der Waals surface area contributed by atoms with Crippen LogP contribution in [0.15, 0.2) is 30.3 Å². The summed E-state index contributed by atoms with van der Waals surface area (Å²) in [5.74, 6) is -0.0626. The third-order valence-electron chi connectivity index (χ3n) is 4.23. The average molecular weight is 303 g/mol. The van der Waals surface area contributed by atoms with Gasteiger partial charge in [-0.1, -0.05) is 18.2 Å². The summed E-state index contributed by atoms with van der Waals surface area (Å²) in [7, 11) is 3.51. The maximum absolute atomic E-state index is 12.4. The molecular weight excluding hydrogens is 282 g/mol. The number of amides is 3. The number of carbonyl (C=O) groups is 2. The van der Waals surface area contributed by atoms with Crippen LogP contribution >= 0.6 is 0 Å². The van der Waals surface area contributed by atoms with Gasteiger partial charge < -0.3 is 19.9 Å². The predicted molar refractivity (Wildman–Crippen MR) is 82.5 cm³/mol. The van der Waals surface area contributed by atoms with Gasteiger partial charge in [0, 0.05) is 32.9 Å². The van der Waals surface area contributed by atoms with Crippen molar-refractivity contribution in [2.75, 3.05) is 32.5 Å².